The van der Waals surface area contributed by atoms with E-state index >= 15 is 0 Å². The van der Waals surface area contributed by atoms with E-state index in [4.69, 9.17) is 10.8 Å². The van der Waals surface area contributed by atoms with E-state index in [0.29, 0.717) is 5.92 Å². The van der Waals surface area contributed by atoms with Crippen LogP contribution in [0.5, 0.6) is 0 Å². The van der Waals surface area contributed by atoms with Gasteiger partial charge in [0.2, 0.25) is 0 Å². The number of anilines is 1. The lowest BCUT2D eigenvalue weighted by atomic mass is 9.99. The fourth-order valence-electron chi connectivity index (χ4n) is 2.11. The third kappa shape index (κ3) is 1.99. The van der Waals surface area contributed by atoms with Crippen molar-refractivity contribution in [2.75, 3.05) is 25.9 Å². The number of carbonyl (C=O) groups is 1. The number of carboxylic acid groups (broad SMARTS) is 1. The second kappa shape index (κ2) is 4.09. The van der Waals surface area contributed by atoms with E-state index in [2.05, 4.69) is 16.9 Å². The Morgan fingerprint density at radius 1 is 1.69 bits per heavy atom. The number of aromatic nitrogens is 1. The van der Waals surface area contributed by atoms with Crippen LogP contribution in [0.4, 0.5) is 5.69 Å². The molecular weight excluding hydrogens is 206 g/mol. The molecule has 1 fully saturated rings. The molecule has 1 aromatic rings. The Hall–Kier alpha value is -1.62. The average Bonchev–Trinajstić information content (AvgIpc) is 2.64. The quantitative estimate of drug-likeness (QED) is 0.771. The lowest BCUT2D eigenvalue weighted by Crippen LogP contribution is -2.14. The van der Waals surface area contributed by atoms with Crippen LogP contribution in [0.25, 0.3) is 0 Å². The highest BCUT2D eigenvalue weighted by Crippen LogP contribution is 2.27. The van der Waals surface area contributed by atoms with Crippen LogP contribution in [0.2, 0.25) is 0 Å². The minimum atomic E-state index is -1.08. The molecule has 5 heteroatoms. The van der Waals surface area contributed by atoms with Crippen LogP contribution in [0.1, 0.15) is 28.4 Å². The van der Waals surface area contributed by atoms with E-state index in [9.17, 15) is 4.79 Å². The summed E-state index contributed by atoms with van der Waals surface area (Å²) < 4.78 is 0. The summed E-state index contributed by atoms with van der Waals surface area (Å²) in [5.41, 5.74) is 6.89. The van der Waals surface area contributed by atoms with Crippen LogP contribution < -0.4 is 5.73 Å². The first kappa shape index (κ1) is 10.9. The normalized spacial score (nSPS) is 21.2. The molecule has 0 aromatic carbocycles. The first-order valence-electron chi connectivity index (χ1n) is 5.25. The maximum atomic E-state index is 10.8. The predicted molar refractivity (Wildman–Crippen MR) is 60.5 cm³/mol. The first-order valence-corrected chi connectivity index (χ1v) is 5.25. The molecule has 1 atom stereocenters. The highest BCUT2D eigenvalue weighted by atomic mass is 16.4. The summed E-state index contributed by atoms with van der Waals surface area (Å²) in [6.45, 7) is 2.04. The number of likely N-dealkylation sites (tertiary alicyclic amines) is 1. The average molecular weight is 221 g/mol. The van der Waals surface area contributed by atoms with E-state index in [1.54, 1.807) is 12.3 Å². The smallest absolute Gasteiger partial charge is 0.356 e. The number of hydrogen-bond donors (Lipinski definition) is 2. The fourth-order valence-corrected chi connectivity index (χ4v) is 2.11. The van der Waals surface area contributed by atoms with Gasteiger partial charge in [-0.2, -0.15) is 0 Å². The van der Waals surface area contributed by atoms with Crippen molar-refractivity contribution >= 4 is 11.7 Å². The Balaban J connectivity index is 2.24. The van der Waals surface area contributed by atoms with Crippen molar-refractivity contribution in [1.29, 1.82) is 0 Å². The molecule has 1 aliphatic heterocycles. The summed E-state index contributed by atoms with van der Waals surface area (Å²) in [4.78, 5) is 16.9. The molecule has 0 spiro atoms. The minimum Gasteiger partial charge on any atom is -0.476 e. The molecule has 3 N–H and O–H groups in total. The molecule has 16 heavy (non-hydrogen) atoms. The number of aromatic carboxylic acids is 1. The second-order valence-electron chi connectivity index (χ2n) is 4.26. The fraction of sp³-hybridized carbons (Fsp3) is 0.455. The maximum Gasteiger partial charge on any atom is 0.356 e. The van der Waals surface area contributed by atoms with Crippen LogP contribution in [0.3, 0.4) is 0 Å². The van der Waals surface area contributed by atoms with Gasteiger partial charge < -0.3 is 15.7 Å². The van der Waals surface area contributed by atoms with E-state index in [1.165, 1.54) is 0 Å². The first-order chi connectivity index (χ1) is 7.58. The van der Waals surface area contributed by atoms with Gasteiger partial charge >= 0.3 is 5.97 Å². The van der Waals surface area contributed by atoms with Gasteiger partial charge in [0.25, 0.3) is 0 Å². The van der Waals surface area contributed by atoms with Crippen LogP contribution in [0.15, 0.2) is 12.3 Å². The van der Waals surface area contributed by atoms with Gasteiger partial charge in [-0.3, -0.25) is 0 Å². The number of pyridine rings is 1. The monoisotopic (exact) mass is 221 g/mol. The van der Waals surface area contributed by atoms with E-state index in [-0.39, 0.29) is 11.4 Å². The van der Waals surface area contributed by atoms with Crippen LogP contribution in [0, 0.1) is 0 Å². The van der Waals surface area contributed by atoms with Crippen LogP contribution in [-0.4, -0.2) is 41.1 Å². The molecule has 1 unspecified atom stereocenters. The second-order valence-corrected chi connectivity index (χ2v) is 4.26. The van der Waals surface area contributed by atoms with Gasteiger partial charge in [-0.25, -0.2) is 9.78 Å². The highest BCUT2D eigenvalue weighted by Gasteiger charge is 2.22. The number of nitrogens with zero attached hydrogens (tertiary/aromatic N) is 2. The zero-order valence-corrected chi connectivity index (χ0v) is 9.18. The third-order valence-electron chi connectivity index (χ3n) is 3.00. The summed E-state index contributed by atoms with van der Waals surface area (Å²) in [6.07, 6.45) is 2.70. The standard InChI is InChI=1S/C11H15N3O2/c1-14-3-2-7(6-14)8-4-9(12)10(11(15)16)13-5-8/h4-5,7H,2-3,6,12H2,1H3,(H,15,16). The molecule has 0 aliphatic carbocycles. The van der Waals surface area contributed by atoms with E-state index < -0.39 is 5.97 Å². The molecule has 2 rings (SSSR count). The minimum absolute atomic E-state index is 0.0601. The van der Waals surface area contributed by atoms with E-state index in [0.717, 1.165) is 25.1 Å². The Kier molecular flexibility index (Phi) is 2.78. The summed E-state index contributed by atoms with van der Waals surface area (Å²) in [5.74, 6) is -0.657. The Morgan fingerprint density at radius 3 is 2.94 bits per heavy atom. The van der Waals surface area contributed by atoms with Gasteiger partial charge in [0, 0.05) is 12.7 Å². The molecule has 86 valence electrons. The number of nitrogen functional groups attached to an aromatic ring is 1. The van der Waals surface area contributed by atoms with E-state index in [1.807, 2.05) is 0 Å². The summed E-state index contributed by atoms with van der Waals surface area (Å²) >= 11 is 0. The van der Waals surface area contributed by atoms with Crippen LogP contribution >= 0.6 is 0 Å². The largest absolute Gasteiger partial charge is 0.476 e. The van der Waals surface area contributed by atoms with Gasteiger partial charge in [0.05, 0.1) is 5.69 Å². The van der Waals surface area contributed by atoms with Gasteiger partial charge in [-0.1, -0.05) is 0 Å². The number of hydrogen-bond acceptors (Lipinski definition) is 4. The molecule has 0 bridgehead atoms. The van der Waals surface area contributed by atoms with Crippen molar-refractivity contribution in [2.24, 2.45) is 0 Å². The van der Waals surface area contributed by atoms with Crippen molar-refractivity contribution in [3.05, 3.63) is 23.5 Å². The summed E-state index contributed by atoms with van der Waals surface area (Å²) in [5, 5.41) is 8.81. The number of carboxylic acids is 1. The Labute approximate surface area is 93.9 Å². The zero-order chi connectivity index (χ0) is 11.7. The molecule has 2 heterocycles. The number of likely N-dealkylation sites (N-methyl/N-ethyl adjacent to an activating group) is 1. The number of rotatable bonds is 2. The number of nitrogens with two attached hydrogens (primary N) is 1. The molecule has 1 saturated heterocycles. The molecule has 0 radical (unpaired) electrons. The van der Waals surface area contributed by atoms with Crippen molar-refractivity contribution in [3.8, 4) is 0 Å². The van der Waals surface area contributed by atoms with Gasteiger partial charge in [0.15, 0.2) is 5.69 Å². The highest BCUT2D eigenvalue weighted by molar-refractivity contribution is 5.91. The molecule has 0 amide bonds. The van der Waals surface area contributed by atoms with Crippen molar-refractivity contribution in [1.82, 2.24) is 9.88 Å². The van der Waals surface area contributed by atoms with Crippen molar-refractivity contribution in [3.63, 3.8) is 0 Å². The van der Waals surface area contributed by atoms with Gasteiger partial charge in [0.1, 0.15) is 0 Å². The van der Waals surface area contributed by atoms with Crippen molar-refractivity contribution < 1.29 is 9.90 Å². The zero-order valence-electron chi connectivity index (χ0n) is 9.18. The van der Waals surface area contributed by atoms with Gasteiger partial charge in [-0.15, -0.1) is 0 Å². The van der Waals surface area contributed by atoms with Crippen molar-refractivity contribution in [2.45, 2.75) is 12.3 Å². The molecule has 1 aromatic heterocycles. The maximum absolute atomic E-state index is 10.8. The molecule has 5 nitrogen and oxygen atoms in total. The van der Waals surface area contributed by atoms with Gasteiger partial charge in [-0.05, 0) is 37.6 Å². The SMILES string of the molecule is CN1CCC(c2cnc(C(=O)O)c(N)c2)C1. The summed E-state index contributed by atoms with van der Waals surface area (Å²) in [6, 6.07) is 1.74. The Bertz CT molecular complexity index is 420. The molecular formula is C11H15N3O2. The summed E-state index contributed by atoms with van der Waals surface area (Å²) in [7, 11) is 2.07. The Morgan fingerprint density at radius 2 is 2.44 bits per heavy atom. The van der Waals surface area contributed by atoms with Crippen LogP contribution in [-0.2, 0) is 0 Å². The topological polar surface area (TPSA) is 79.5 Å². The predicted octanol–water partition coefficient (Wildman–Crippen LogP) is 0.781. The third-order valence-corrected chi connectivity index (χ3v) is 3.00. The lowest BCUT2D eigenvalue weighted by molar-refractivity contribution is 0.0691. The molecule has 1 aliphatic rings. The molecule has 0 saturated carbocycles. The lowest BCUT2D eigenvalue weighted by Gasteiger charge is -2.11.